The molecule has 0 atom stereocenters. The highest BCUT2D eigenvalue weighted by molar-refractivity contribution is 7.99. The van der Waals surface area contributed by atoms with Gasteiger partial charge in [-0.05, 0) is 42.9 Å². The summed E-state index contributed by atoms with van der Waals surface area (Å²) in [7, 11) is 0. The Labute approximate surface area is 148 Å². The highest BCUT2D eigenvalue weighted by Gasteiger charge is 1.93. The zero-order valence-electron chi connectivity index (χ0n) is 15.0. The molecule has 0 saturated carbocycles. The maximum Gasteiger partial charge on any atom is 0.0245 e. The molecule has 1 rings (SSSR count). The second-order valence-electron chi connectivity index (χ2n) is 5.86. The van der Waals surface area contributed by atoms with Gasteiger partial charge in [-0.15, -0.1) is 0 Å². The first kappa shape index (κ1) is 22.1. The Morgan fingerprint density at radius 3 is 2.04 bits per heavy atom. The highest BCUT2D eigenvalue weighted by atomic mass is 32.2. The average molecular weight is 334 g/mol. The van der Waals surface area contributed by atoms with Gasteiger partial charge in [0.1, 0.15) is 0 Å². The average Bonchev–Trinajstić information content (AvgIpc) is 2.56. The number of benzene rings is 1. The molecular formula is C21H35NS. The molecule has 0 fully saturated rings. The van der Waals surface area contributed by atoms with Gasteiger partial charge >= 0.3 is 0 Å². The van der Waals surface area contributed by atoms with Crippen LogP contribution in [-0.4, -0.2) is 11.5 Å². The first-order valence-corrected chi connectivity index (χ1v) is 10.2. The normalized spacial score (nSPS) is 9.78. The van der Waals surface area contributed by atoms with E-state index in [1.165, 1.54) is 69.3 Å². The van der Waals surface area contributed by atoms with Crippen molar-refractivity contribution < 1.29 is 0 Å². The molecule has 0 spiro atoms. The van der Waals surface area contributed by atoms with Gasteiger partial charge in [-0.25, -0.2) is 0 Å². The predicted octanol–water partition coefficient (Wildman–Crippen LogP) is 6.85. The van der Waals surface area contributed by atoms with E-state index in [1.54, 1.807) is 0 Å². The minimum absolute atomic E-state index is 0. The topological polar surface area (TPSA) is 35.0 Å². The van der Waals surface area contributed by atoms with E-state index in [0.29, 0.717) is 0 Å². The number of hydrogen-bond donors (Lipinski definition) is 1. The molecule has 130 valence electrons. The Morgan fingerprint density at radius 2 is 1.39 bits per heavy atom. The summed E-state index contributed by atoms with van der Waals surface area (Å²) in [5, 5.41) is 0. The molecule has 0 bridgehead atoms. The summed E-state index contributed by atoms with van der Waals surface area (Å²) >= 11 is 2.12. The largest absolute Gasteiger partial charge is 0.344 e. The molecule has 1 nitrogen and oxygen atoms in total. The van der Waals surface area contributed by atoms with Crippen LogP contribution >= 0.6 is 11.8 Å². The van der Waals surface area contributed by atoms with Crippen LogP contribution in [-0.2, 0) is 0 Å². The summed E-state index contributed by atoms with van der Waals surface area (Å²) in [5.41, 5.74) is 1.14. The standard InChI is InChI=1S/C21H32S.H3N/c1-2-19-22-20-15-10-8-6-4-3-5-7-9-12-16-21-17-13-11-14-18-21;/h11,13-14,17-18H,2-10,15,19-20H2,1H3;1H3. The van der Waals surface area contributed by atoms with E-state index in [1.807, 2.05) is 18.2 Å². The van der Waals surface area contributed by atoms with Gasteiger partial charge in [0.25, 0.3) is 0 Å². The number of unbranched alkanes of at least 4 members (excludes halogenated alkanes) is 8. The van der Waals surface area contributed by atoms with Crippen LogP contribution in [0.1, 0.15) is 76.7 Å². The summed E-state index contributed by atoms with van der Waals surface area (Å²) in [4.78, 5) is 0. The Kier molecular flexibility index (Phi) is 16.8. The van der Waals surface area contributed by atoms with Crippen molar-refractivity contribution in [3.8, 4) is 11.8 Å². The molecule has 23 heavy (non-hydrogen) atoms. The minimum Gasteiger partial charge on any atom is -0.344 e. The van der Waals surface area contributed by atoms with Crippen molar-refractivity contribution in [2.45, 2.75) is 71.1 Å². The third-order valence-electron chi connectivity index (χ3n) is 3.70. The lowest BCUT2D eigenvalue weighted by Gasteiger charge is -2.01. The Hall–Kier alpha value is -0.910. The van der Waals surface area contributed by atoms with Gasteiger partial charge in [0.2, 0.25) is 0 Å². The smallest absolute Gasteiger partial charge is 0.0245 e. The molecule has 0 aromatic heterocycles. The molecule has 2 heteroatoms. The maximum atomic E-state index is 3.28. The number of rotatable bonds is 12. The Bertz CT molecular complexity index is 405. The van der Waals surface area contributed by atoms with E-state index >= 15 is 0 Å². The minimum atomic E-state index is 0. The van der Waals surface area contributed by atoms with Gasteiger partial charge in [-0.1, -0.05) is 75.5 Å². The van der Waals surface area contributed by atoms with Crippen LogP contribution in [0.3, 0.4) is 0 Å². The molecule has 1 aromatic rings. The quantitative estimate of drug-likeness (QED) is 0.335. The van der Waals surface area contributed by atoms with E-state index in [2.05, 4.69) is 42.7 Å². The van der Waals surface area contributed by atoms with Crippen molar-refractivity contribution >= 4 is 11.8 Å². The fourth-order valence-corrected chi connectivity index (χ4v) is 3.31. The molecule has 1 aromatic carbocycles. The van der Waals surface area contributed by atoms with Crippen molar-refractivity contribution in [2.75, 3.05) is 11.5 Å². The molecule has 0 amide bonds. The lowest BCUT2D eigenvalue weighted by Crippen LogP contribution is -1.84. The van der Waals surface area contributed by atoms with Crippen LogP contribution < -0.4 is 6.15 Å². The van der Waals surface area contributed by atoms with Gasteiger partial charge in [-0.2, -0.15) is 11.8 Å². The van der Waals surface area contributed by atoms with Crippen molar-refractivity contribution in [3.63, 3.8) is 0 Å². The monoisotopic (exact) mass is 333 g/mol. The predicted molar refractivity (Wildman–Crippen MR) is 108 cm³/mol. The fraction of sp³-hybridized carbons (Fsp3) is 0.619. The summed E-state index contributed by atoms with van der Waals surface area (Å²) in [6, 6.07) is 10.3. The summed E-state index contributed by atoms with van der Waals surface area (Å²) in [5.74, 6) is 9.23. The van der Waals surface area contributed by atoms with E-state index in [0.717, 1.165) is 12.0 Å². The molecule has 0 radical (unpaired) electrons. The van der Waals surface area contributed by atoms with Crippen molar-refractivity contribution in [1.82, 2.24) is 6.15 Å². The Balaban J connectivity index is 0.00000484. The van der Waals surface area contributed by atoms with Gasteiger partial charge in [0.15, 0.2) is 0 Å². The maximum absolute atomic E-state index is 3.28. The molecule has 0 heterocycles. The van der Waals surface area contributed by atoms with Crippen LogP contribution in [0, 0.1) is 11.8 Å². The summed E-state index contributed by atoms with van der Waals surface area (Å²) in [6.45, 7) is 2.26. The van der Waals surface area contributed by atoms with E-state index < -0.39 is 0 Å². The SMILES string of the molecule is CCCSCCCCCCCCCCC#Cc1ccccc1.N. The Morgan fingerprint density at radius 1 is 0.783 bits per heavy atom. The van der Waals surface area contributed by atoms with Crippen LogP contribution in [0.4, 0.5) is 0 Å². The first-order valence-electron chi connectivity index (χ1n) is 9.05. The second kappa shape index (κ2) is 17.4. The zero-order valence-corrected chi connectivity index (χ0v) is 15.8. The molecule has 0 unspecified atom stereocenters. The van der Waals surface area contributed by atoms with Gasteiger partial charge in [0, 0.05) is 12.0 Å². The summed E-state index contributed by atoms with van der Waals surface area (Å²) < 4.78 is 0. The fourth-order valence-electron chi connectivity index (χ4n) is 2.41. The van der Waals surface area contributed by atoms with Crippen LogP contribution in [0.2, 0.25) is 0 Å². The molecule has 0 aliphatic rings. The van der Waals surface area contributed by atoms with Gasteiger partial charge < -0.3 is 6.15 Å². The molecule has 0 aliphatic heterocycles. The highest BCUT2D eigenvalue weighted by Crippen LogP contribution is 2.12. The van der Waals surface area contributed by atoms with E-state index in [9.17, 15) is 0 Å². The zero-order chi connectivity index (χ0) is 15.7. The lowest BCUT2D eigenvalue weighted by molar-refractivity contribution is 0.580. The van der Waals surface area contributed by atoms with Crippen LogP contribution in [0.25, 0.3) is 0 Å². The van der Waals surface area contributed by atoms with Crippen molar-refractivity contribution in [1.29, 1.82) is 0 Å². The van der Waals surface area contributed by atoms with Crippen LogP contribution in [0.15, 0.2) is 30.3 Å². The number of hydrogen-bond acceptors (Lipinski definition) is 2. The summed E-state index contributed by atoms with van der Waals surface area (Å²) in [6.07, 6.45) is 13.5. The van der Waals surface area contributed by atoms with Crippen molar-refractivity contribution in [3.05, 3.63) is 35.9 Å². The number of thioether (sulfide) groups is 1. The molecule has 0 saturated heterocycles. The van der Waals surface area contributed by atoms with E-state index in [-0.39, 0.29) is 6.15 Å². The molecule has 0 aliphatic carbocycles. The van der Waals surface area contributed by atoms with Crippen LogP contribution in [0.5, 0.6) is 0 Å². The van der Waals surface area contributed by atoms with Gasteiger partial charge in [0.05, 0.1) is 0 Å². The molecular weight excluding hydrogens is 298 g/mol. The first-order chi connectivity index (χ1) is 10.9. The van der Waals surface area contributed by atoms with Crippen molar-refractivity contribution in [2.24, 2.45) is 0 Å². The third-order valence-corrected chi connectivity index (χ3v) is 4.97. The second-order valence-corrected chi connectivity index (χ2v) is 7.08. The third kappa shape index (κ3) is 14.4. The molecule has 3 N–H and O–H groups in total. The lowest BCUT2D eigenvalue weighted by atomic mass is 10.1. The van der Waals surface area contributed by atoms with Gasteiger partial charge in [-0.3, -0.25) is 0 Å². The van der Waals surface area contributed by atoms with E-state index in [4.69, 9.17) is 0 Å².